The zero-order valence-electron chi connectivity index (χ0n) is 11.2. The summed E-state index contributed by atoms with van der Waals surface area (Å²) >= 11 is 0. The van der Waals surface area contributed by atoms with Crippen LogP contribution in [0.15, 0.2) is 0 Å². The van der Waals surface area contributed by atoms with Gasteiger partial charge in [0.1, 0.15) is 6.04 Å². The highest BCUT2D eigenvalue weighted by Gasteiger charge is 2.34. The van der Waals surface area contributed by atoms with Crippen molar-refractivity contribution in [1.82, 2.24) is 4.90 Å². The number of amides is 2. The lowest BCUT2D eigenvalue weighted by atomic mass is 9.97. The Bertz CT molecular complexity index is 448. The van der Waals surface area contributed by atoms with Crippen LogP contribution < -0.4 is 5.73 Å². The third-order valence-electron chi connectivity index (χ3n) is 3.33. The molecule has 2 N–H and O–H groups in total. The van der Waals surface area contributed by atoms with E-state index in [9.17, 15) is 18.0 Å². The van der Waals surface area contributed by atoms with Crippen molar-refractivity contribution in [2.75, 3.05) is 19.4 Å². The molecule has 0 aromatic rings. The number of rotatable bonds is 6. The predicted molar refractivity (Wildman–Crippen MR) is 68.5 cm³/mol. The molecule has 1 heterocycles. The predicted octanol–water partition coefficient (Wildman–Crippen LogP) is -0.535. The van der Waals surface area contributed by atoms with Gasteiger partial charge in [-0.1, -0.05) is 6.92 Å². The van der Waals surface area contributed by atoms with Crippen molar-refractivity contribution in [2.24, 2.45) is 11.7 Å². The minimum atomic E-state index is -3.57. The molecule has 1 rings (SSSR count). The van der Waals surface area contributed by atoms with Gasteiger partial charge in [0, 0.05) is 13.0 Å². The second-order valence-corrected chi connectivity index (χ2v) is 6.45. The zero-order valence-corrected chi connectivity index (χ0v) is 12.0. The average Bonchev–Trinajstić information content (AvgIpc) is 2.33. The molecule has 1 fully saturated rings. The first-order valence-electron chi connectivity index (χ1n) is 6.17. The lowest BCUT2D eigenvalue weighted by molar-refractivity contribution is -0.142. The summed E-state index contributed by atoms with van der Waals surface area (Å²) in [6.07, 6.45) is 1.13. The van der Waals surface area contributed by atoms with E-state index in [-0.39, 0.29) is 30.5 Å². The van der Waals surface area contributed by atoms with Gasteiger partial charge in [-0.2, -0.15) is 8.42 Å². The van der Waals surface area contributed by atoms with Crippen LogP contribution in [0.1, 0.15) is 26.2 Å². The van der Waals surface area contributed by atoms with Crippen molar-refractivity contribution in [1.29, 1.82) is 0 Å². The van der Waals surface area contributed by atoms with Gasteiger partial charge in [0.25, 0.3) is 10.1 Å². The molecule has 1 aliphatic rings. The Balaban J connectivity index is 2.78. The summed E-state index contributed by atoms with van der Waals surface area (Å²) in [5, 5.41) is 0. The molecule has 0 spiro atoms. The Morgan fingerprint density at radius 1 is 1.58 bits per heavy atom. The maximum atomic E-state index is 11.8. The number of nitrogens with zero attached hydrogens (tertiary/aromatic N) is 1. The molecule has 1 saturated heterocycles. The molecule has 0 saturated carbocycles. The molecular formula is C11H20N2O5S. The molecule has 8 heteroatoms. The van der Waals surface area contributed by atoms with E-state index in [0.29, 0.717) is 12.8 Å². The Hall–Kier alpha value is -1.15. The minimum Gasteiger partial charge on any atom is -0.368 e. The summed E-state index contributed by atoms with van der Waals surface area (Å²) < 4.78 is 27.2. The largest absolute Gasteiger partial charge is 0.368 e. The van der Waals surface area contributed by atoms with Gasteiger partial charge in [-0.05, 0) is 18.8 Å². The molecule has 0 bridgehead atoms. The third kappa shape index (κ3) is 4.17. The first-order chi connectivity index (χ1) is 8.80. The standard InChI is InChI=1S/C11H20N2O5S/c1-3-9(11(12)15)13-6-8(4-5-10(13)14)7-19(16,17)18-2/h8-9H,3-7H2,1-2H3,(H2,12,15)/t8?,9-/m0/s1. The molecule has 19 heavy (non-hydrogen) atoms. The highest BCUT2D eigenvalue weighted by Crippen LogP contribution is 2.22. The molecule has 0 aromatic heterocycles. The van der Waals surface area contributed by atoms with Crippen LogP contribution in [-0.2, 0) is 23.9 Å². The highest BCUT2D eigenvalue weighted by molar-refractivity contribution is 7.86. The third-order valence-corrected chi connectivity index (χ3v) is 4.71. The van der Waals surface area contributed by atoms with E-state index in [1.807, 2.05) is 0 Å². The summed E-state index contributed by atoms with van der Waals surface area (Å²) in [7, 11) is -2.46. The maximum absolute atomic E-state index is 11.8. The van der Waals surface area contributed by atoms with Crippen molar-refractivity contribution in [3.8, 4) is 0 Å². The van der Waals surface area contributed by atoms with Gasteiger partial charge in [-0.3, -0.25) is 13.8 Å². The SMILES string of the molecule is CC[C@@H](C(N)=O)N1CC(CS(=O)(=O)OC)CCC1=O. The van der Waals surface area contributed by atoms with Crippen LogP contribution in [0.25, 0.3) is 0 Å². The second-order valence-electron chi connectivity index (χ2n) is 4.67. The summed E-state index contributed by atoms with van der Waals surface area (Å²) in [6, 6.07) is -0.666. The van der Waals surface area contributed by atoms with Crippen LogP contribution in [0.2, 0.25) is 0 Å². The molecule has 0 aliphatic carbocycles. The number of carbonyl (C=O) groups excluding carboxylic acids is 2. The van der Waals surface area contributed by atoms with Crippen molar-refractivity contribution in [2.45, 2.75) is 32.2 Å². The van der Waals surface area contributed by atoms with Crippen molar-refractivity contribution in [3.05, 3.63) is 0 Å². The molecule has 7 nitrogen and oxygen atoms in total. The molecule has 110 valence electrons. The monoisotopic (exact) mass is 292 g/mol. The lowest BCUT2D eigenvalue weighted by Crippen LogP contribution is -2.52. The first-order valence-corrected chi connectivity index (χ1v) is 7.75. The van der Waals surface area contributed by atoms with Crippen LogP contribution in [-0.4, -0.2) is 50.6 Å². The Kier molecular flexibility index (Phi) is 5.30. The van der Waals surface area contributed by atoms with E-state index in [0.717, 1.165) is 7.11 Å². The summed E-state index contributed by atoms with van der Waals surface area (Å²) in [6.45, 7) is 1.99. The zero-order chi connectivity index (χ0) is 14.6. The molecule has 0 radical (unpaired) electrons. The molecule has 2 atom stereocenters. The topological polar surface area (TPSA) is 107 Å². The van der Waals surface area contributed by atoms with Gasteiger partial charge in [-0.15, -0.1) is 0 Å². The van der Waals surface area contributed by atoms with E-state index >= 15 is 0 Å². The summed E-state index contributed by atoms with van der Waals surface area (Å²) in [5.74, 6) is -1.10. The number of hydrogen-bond acceptors (Lipinski definition) is 5. The maximum Gasteiger partial charge on any atom is 0.267 e. The fourth-order valence-electron chi connectivity index (χ4n) is 2.31. The van der Waals surface area contributed by atoms with E-state index < -0.39 is 22.1 Å². The molecule has 1 aliphatic heterocycles. The molecule has 0 aromatic carbocycles. The number of nitrogens with two attached hydrogens (primary N) is 1. The quantitative estimate of drug-likeness (QED) is 0.662. The van der Waals surface area contributed by atoms with E-state index in [1.165, 1.54) is 4.90 Å². The van der Waals surface area contributed by atoms with E-state index in [4.69, 9.17) is 5.73 Å². The van der Waals surface area contributed by atoms with Gasteiger partial charge < -0.3 is 10.6 Å². The lowest BCUT2D eigenvalue weighted by Gasteiger charge is -2.36. The summed E-state index contributed by atoms with van der Waals surface area (Å²) in [4.78, 5) is 24.5. The van der Waals surface area contributed by atoms with Gasteiger partial charge in [-0.25, -0.2) is 0 Å². The van der Waals surface area contributed by atoms with Crippen molar-refractivity contribution >= 4 is 21.9 Å². The minimum absolute atomic E-state index is 0.150. The van der Waals surface area contributed by atoms with Crippen LogP contribution >= 0.6 is 0 Å². The van der Waals surface area contributed by atoms with Crippen LogP contribution in [0, 0.1) is 5.92 Å². The van der Waals surface area contributed by atoms with Crippen molar-refractivity contribution in [3.63, 3.8) is 0 Å². The highest BCUT2D eigenvalue weighted by atomic mass is 32.2. The number of primary amides is 1. The van der Waals surface area contributed by atoms with Crippen LogP contribution in [0.3, 0.4) is 0 Å². The van der Waals surface area contributed by atoms with Gasteiger partial charge in [0.15, 0.2) is 0 Å². The summed E-state index contributed by atoms with van der Waals surface area (Å²) in [5.41, 5.74) is 5.26. The number of carbonyl (C=O) groups is 2. The number of hydrogen-bond donors (Lipinski definition) is 1. The Morgan fingerprint density at radius 2 is 2.21 bits per heavy atom. The van der Waals surface area contributed by atoms with Crippen molar-refractivity contribution < 1.29 is 22.2 Å². The average molecular weight is 292 g/mol. The first kappa shape index (κ1) is 15.9. The van der Waals surface area contributed by atoms with Crippen LogP contribution in [0.4, 0.5) is 0 Å². The second kappa shape index (κ2) is 6.33. The molecular weight excluding hydrogens is 272 g/mol. The number of likely N-dealkylation sites (tertiary alicyclic amines) is 1. The van der Waals surface area contributed by atoms with Gasteiger partial charge >= 0.3 is 0 Å². The normalized spacial score (nSPS) is 22.3. The van der Waals surface area contributed by atoms with Gasteiger partial charge in [0.2, 0.25) is 11.8 Å². The fraction of sp³-hybridized carbons (Fsp3) is 0.818. The van der Waals surface area contributed by atoms with Gasteiger partial charge in [0.05, 0.1) is 12.9 Å². The Morgan fingerprint density at radius 3 is 2.68 bits per heavy atom. The molecule has 1 unspecified atom stereocenters. The fourth-order valence-corrected chi connectivity index (χ4v) is 3.30. The van der Waals surface area contributed by atoms with E-state index in [1.54, 1.807) is 6.92 Å². The Labute approximate surface area is 113 Å². The molecule has 2 amide bonds. The van der Waals surface area contributed by atoms with Crippen LogP contribution in [0.5, 0.6) is 0 Å². The smallest absolute Gasteiger partial charge is 0.267 e. The van der Waals surface area contributed by atoms with E-state index in [2.05, 4.69) is 4.18 Å². The number of piperidine rings is 1.